The van der Waals surface area contributed by atoms with Gasteiger partial charge in [0.2, 0.25) is 5.91 Å². The number of amides is 1. The molecule has 4 heteroatoms. The molecule has 1 N–H and O–H groups in total. The van der Waals surface area contributed by atoms with Crippen LogP contribution in [0.2, 0.25) is 0 Å². The van der Waals surface area contributed by atoms with Gasteiger partial charge in [-0.15, -0.1) is 0 Å². The average Bonchev–Trinajstić information content (AvgIpc) is 2.64. The first-order valence-corrected chi connectivity index (χ1v) is 9.41. The molecular weight excluding hydrogens is 324 g/mol. The first kappa shape index (κ1) is 18.5. The minimum absolute atomic E-state index is 0.177. The van der Waals surface area contributed by atoms with Crippen LogP contribution in [0.4, 0.5) is 0 Å². The molecule has 0 bridgehead atoms. The number of carbonyl (C=O) groups excluding carboxylic acids is 1. The Hall–Kier alpha value is -2.33. The lowest BCUT2D eigenvalue weighted by Gasteiger charge is -2.39. The zero-order chi connectivity index (χ0) is 18.4. The van der Waals surface area contributed by atoms with Gasteiger partial charge in [0.05, 0.1) is 5.41 Å². The van der Waals surface area contributed by atoms with Gasteiger partial charge in [-0.25, -0.2) is 0 Å². The number of piperidine rings is 1. The van der Waals surface area contributed by atoms with Gasteiger partial charge < -0.3 is 10.1 Å². The molecule has 1 heterocycles. The standard InChI is InChI=1S/C22H28N2O2/c1-3-23-21(25)22(2)14-7-15-24(17-22)16-18-10-12-20(13-11-18)26-19-8-5-4-6-9-19/h4-6,8-13H,3,7,14-17H2,1-2H3,(H,23,25). The van der Waals surface area contributed by atoms with Crippen molar-refractivity contribution in [3.05, 3.63) is 60.2 Å². The van der Waals surface area contributed by atoms with E-state index >= 15 is 0 Å². The van der Waals surface area contributed by atoms with Gasteiger partial charge in [0.1, 0.15) is 11.5 Å². The van der Waals surface area contributed by atoms with Crippen molar-refractivity contribution in [2.24, 2.45) is 5.41 Å². The predicted molar refractivity (Wildman–Crippen MR) is 104 cm³/mol. The second-order valence-corrected chi connectivity index (χ2v) is 7.29. The van der Waals surface area contributed by atoms with E-state index in [1.165, 1.54) is 5.56 Å². The third kappa shape index (κ3) is 4.64. The summed E-state index contributed by atoms with van der Waals surface area (Å²) in [6.07, 6.45) is 2.02. The molecule has 0 aromatic heterocycles. The van der Waals surface area contributed by atoms with Gasteiger partial charge in [-0.1, -0.05) is 30.3 Å². The molecule has 1 saturated heterocycles. The van der Waals surface area contributed by atoms with Crippen LogP contribution in [0.25, 0.3) is 0 Å². The molecule has 2 aromatic carbocycles. The minimum Gasteiger partial charge on any atom is -0.457 e. The summed E-state index contributed by atoms with van der Waals surface area (Å²) in [6.45, 7) is 7.46. The summed E-state index contributed by atoms with van der Waals surface area (Å²) in [4.78, 5) is 14.8. The fourth-order valence-electron chi connectivity index (χ4n) is 3.58. The molecule has 0 spiro atoms. The first-order chi connectivity index (χ1) is 12.6. The summed E-state index contributed by atoms with van der Waals surface area (Å²) in [5.74, 6) is 1.86. The van der Waals surface area contributed by atoms with Crippen LogP contribution in [0.3, 0.4) is 0 Å². The van der Waals surface area contributed by atoms with E-state index in [0.717, 1.165) is 44.0 Å². The highest BCUT2D eigenvalue weighted by molar-refractivity contribution is 5.82. The van der Waals surface area contributed by atoms with Gasteiger partial charge in [0, 0.05) is 19.6 Å². The van der Waals surface area contributed by atoms with E-state index in [0.29, 0.717) is 6.54 Å². The first-order valence-electron chi connectivity index (χ1n) is 9.41. The Bertz CT molecular complexity index is 715. The number of rotatable bonds is 6. The van der Waals surface area contributed by atoms with Gasteiger partial charge in [-0.3, -0.25) is 9.69 Å². The quantitative estimate of drug-likeness (QED) is 0.846. The molecule has 4 nitrogen and oxygen atoms in total. The average molecular weight is 352 g/mol. The van der Waals surface area contributed by atoms with Crippen LogP contribution >= 0.6 is 0 Å². The van der Waals surface area contributed by atoms with Gasteiger partial charge in [0.15, 0.2) is 0 Å². The third-order valence-electron chi connectivity index (χ3n) is 4.97. The maximum Gasteiger partial charge on any atom is 0.227 e. The van der Waals surface area contributed by atoms with Crippen molar-refractivity contribution in [1.82, 2.24) is 10.2 Å². The van der Waals surface area contributed by atoms with E-state index in [9.17, 15) is 4.79 Å². The summed E-state index contributed by atoms with van der Waals surface area (Å²) >= 11 is 0. The molecule has 1 aliphatic rings. The normalized spacial score (nSPS) is 20.5. The van der Waals surface area contributed by atoms with Crippen molar-refractivity contribution in [3.8, 4) is 11.5 Å². The van der Waals surface area contributed by atoms with Crippen LogP contribution < -0.4 is 10.1 Å². The fourth-order valence-corrected chi connectivity index (χ4v) is 3.58. The van der Waals surface area contributed by atoms with Crippen LogP contribution in [0.15, 0.2) is 54.6 Å². The van der Waals surface area contributed by atoms with Gasteiger partial charge >= 0.3 is 0 Å². The smallest absolute Gasteiger partial charge is 0.227 e. The van der Waals surface area contributed by atoms with Crippen molar-refractivity contribution in [2.75, 3.05) is 19.6 Å². The molecule has 1 aliphatic heterocycles. The van der Waals surface area contributed by atoms with Crippen molar-refractivity contribution in [3.63, 3.8) is 0 Å². The summed E-state index contributed by atoms with van der Waals surface area (Å²) in [5.41, 5.74) is 0.954. The van der Waals surface area contributed by atoms with Crippen LogP contribution in [0, 0.1) is 5.41 Å². The highest BCUT2D eigenvalue weighted by Crippen LogP contribution is 2.31. The van der Waals surface area contributed by atoms with Gasteiger partial charge in [0.25, 0.3) is 0 Å². The summed E-state index contributed by atoms with van der Waals surface area (Å²) in [7, 11) is 0. The van der Waals surface area contributed by atoms with Crippen LogP contribution in [-0.4, -0.2) is 30.4 Å². The highest BCUT2D eigenvalue weighted by Gasteiger charge is 2.37. The Kier molecular flexibility index (Phi) is 5.94. The fraction of sp³-hybridized carbons (Fsp3) is 0.409. The monoisotopic (exact) mass is 352 g/mol. The molecule has 2 aromatic rings. The second kappa shape index (κ2) is 8.37. The lowest BCUT2D eigenvalue weighted by molar-refractivity contribution is -0.133. The lowest BCUT2D eigenvalue weighted by Crippen LogP contribution is -2.50. The number of nitrogens with zero attached hydrogens (tertiary/aromatic N) is 1. The van der Waals surface area contributed by atoms with Crippen LogP contribution in [0.5, 0.6) is 11.5 Å². The number of nitrogens with one attached hydrogen (secondary N) is 1. The predicted octanol–water partition coefficient (Wildman–Crippen LogP) is 4.22. The Morgan fingerprint density at radius 1 is 1.12 bits per heavy atom. The number of para-hydroxylation sites is 1. The number of benzene rings is 2. The largest absolute Gasteiger partial charge is 0.457 e. The maximum absolute atomic E-state index is 12.4. The van der Waals surface area contributed by atoms with Crippen molar-refractivity contribution >= 4 is 5.91 Å². The zero-order valence-corrected chi connectivity index (χ0v) is 15.7. The molecule has 1 amide bonds. The van der Waals surface area contributed by atoms with Crippen LogP contribution in [0.1, 0.15) is 32.3 Å². The van der Waals surface area contributed by atoms with Crippen molar-refractivity contribution < 1.29 is 9.53 Å². The number of hydrogen-bond acceptors (Lipinski definition) is 3. The highest BCUT2D eigenvalue weighted by atomic mass is 16.5. The Balaban J connectivity index is 1.59. The van der Waals surface area contributed by atoms with E-state index in [2.05, 4.69) is 29.3 Å². The van der Waals surface area contributed by atoms with Gasteiger partial charge in [-0.05, 0) is 63.1 Å². The number of carbonyl (C=O) groups is 1. The van der Waals surface area contributed by atoms with Crippen LogP contribution in [-0.2, 0) is 11.3 Å². The SMILES string of the molecule is CCNC(=O)C1(C)CCCN(Cc2ccc(Oc3ccccc3)cc2)C1. The summed E-state index contributed by atoms with van der Waals surface area (Å²) in [6, 6.07) is 18.0. The minimum atomic E-state index is -0.287. The summed E-state index contributed by atoms with van der Waals surface area (Å²) < 4.78 is 5.85. The van der Waals surface area contributed by atoms with E-state index in [4.69, 9.17) is 4.74 Å². The Morgan fingerprint density at radius 3 is 2.50 bits per heavy atom. The third-order valence-corrected chi connectivity index (χ3v) is 4.97. The molecule has 1 atom stereocenters. The maximum atomic E-state index is 12.4. The van der Waals surface area contributed by atoms with E-state index in [1.807, 2.05) is 49.4 Å². The van der Waals surface area contributed by atoms with E-state index in [-0.39, 0.29) is 11.3 Å². The molecule has 0 radical (unpaired) electrons. The number of ether oxygens (including phenoxy) is 1. The van der Waals surface area contributed by atoms with Crippen molar-refractivity contribution in [1.29, 1.82) is 0 Å². The number of likely N-dealkylation sites (tertiary alicyclic amines) is 1. The topological polar surface area (TPSA) is 41.6 Å². The molecule has 3 rings (SSSR count). The Morgan fingerprint density at radius 2 is 1.81 bits per heavy atom. The zero-order valence-electron chi connectivity index (χ0n) is 15.7. The van der Waals surface area contributed by atoms with E-state index in [1.54, 1.807) is 0 Å². The molecular formula is C22H28N2O2. The molecule has 0 aliphatic carbocycles. The van der Waals surface area contributed by atoms with Gasteiger partial charge in [-0.2, -0.15) is 0 Å². The molecule has 1 fully saturated rings. The number of hydrogen-bond donors (Lipinski definition) is 1. The molecule has 0 saturated carbocycles. The Labute approximate surface area is 156 Å². The van der Waals surface area contributed by atoms with Crippen molar-refractivity contribution in [2.45, 2.75) is 33.2 Å². The second-order valence-electron chi connectivity index (χ2n) is 7.29. The molecule has 1 unspecified atom stereocenters. The lowest BCUT2D eigenvalue weighted by atomic mass is 9.81. The molecule has 138 valence electrons. The molecule has 26 heavy (non-hydrogen) atoms. The van der Waals surface area contributed by atoms with E-state index < -0.39 is 0 Å². The summed E-state index contributed by atoms with van der Waals surface area (Å²) in [5, 5.41) is 2.99.